The third kappa shape index (κ3) is 3.02. The van der Waals surface area contributed by atoms with Gasteiger partial charge in [-0.25, -0.2) is 4.39 Å². The van der Waals surface area contributed by atoms with E-state index in [1.165, 1.54) is 19.2 Å². The van der Waals surface area contributed by atoms with Crippen LogP contribution >= 0.6 is 0 Å². The first kappa shape index (κ1) is 11.7. The van der Waals surface area contributed by atoms with Gasteiger partial charge in [-0.1, -0.05) is 17.7 Å². The van der Waals surface area contributed by atoms with Crippen LogP contribution in [0.3, 0.4) is 0 Å². The zero-order valence-electron chi connectivity index (χ0n) is 8.66. The van der Waals surface area contributed by atoms with Crippen LogP contribution in [0.5, 0.6) is 0 Å². The van der Waals surface area contributed by atoms with Crippen molar-refractivity contribution in [3.8, 4) is 0 Å². The van der Waals surface area contributed by atoms with Crippen LogP contribution in [-0.4, -0.2) is 18.2 Å². The molecule has 0 aliphatic carbocycles. The van der Waals surface area contributed by atoms with E-state index in [0.29, 0.717) is 0 Å². The molecule has 1 rings (SSSR count). The Bertz CT molecular complexity index is 363. The third-order valence-electron chi connectivity index (χ3n) is 2.10. The maximum atomic E-state index is 13.3. The first-order valence-electron chi connectivity index (χ1n) is 4.55. The van der Waals surface area contributed by atoms with Crippen molar-refractivity contribution in [2.75, 3.05) is 7.11 Å². The molecule has 0 spiro atoms. The monoisotopic (exact) mass is 212 g/mol. The highest BCUT2D eigenvalue weighted by atomic mass is 19.1. The Kier molecular flexibility index (Phi) is 3.80. The number of aliphatic hydroxyl groups is 1. The van der Waals surface area contributed by atoms with Crippen LogP contribution in [0.25, 0.3) is 0 Å². The van der Waals surface area contributed by atoms with Crippen molar-refractivity contribution >= 4 is 5.97 Å². The van der Waals surface area contributed by atoms with Crippen molar-refractivity contribution in [3.63, 3.8) is 0 Å². The molecular weight excluding hydrogens is 199 g/mol. The van der Waals surface area contributed by atoms with E-state index in [0.717, 1.165) is 5.56 Å². The number of carbonyl (C=O) groups is 1. The summed E-state index contributed by atoms with van der Waals surface area (Å²) in [7, 11) is 1.22. The van der Waals surface area contributed by atoms with Gasteiger partial charge in [0.05, 0.1) is 19.6 Å². The molecule has 0 saturated carbocycles. The molecule has 0 amide bonds. The molecule has 0 bridgehead atoms. The van der Waals surface area contributed by atoms with E-state index in [1.807, 2.05) is 0 Å². The lowest BCUT2D eigenvalue weighted by Gasteiger charge is -2.11. The van der Waals surface area contributed by atoms with Crippen LogP contribution in [-0.2, 0) is 9.53 Å². The van der Waals surface area contributed by atoms with E-state index < -0.39 is 17.9 Å². The van der Waals surface area contributed by atoms with Crippen LogP contribution < -0.4 is 0 Å². The van der Waals surface area contributed by atoms with Crippen molar-refractivity contribution in [2.45, 2.75) is 19.4 Å². The Morgan fingerprint density at radius 1 is 1.60 bits per heavy atom. The standard InChI is InChI=1S/C11H13FO3/c1-7-3-4-9(12)8(5-7)10(13)6-11(14)15-2/h3-5,10,13H,6H2,1-2H3/t10-/m1/s1. The van der Waals surface area contributed by atoms with Crippen LogP contribution in [0.1, 0.15) is 23.7 Å². The van der Waals surface area contributed by atoms with Gasteiger partial charge in [0.25, 0.3) is 0 Å². The molecule has 0 unspecified atom stereocenters. The van der Waals surface area contributed by atoms with Gasteiger partial charge >= 0.3 is 5.97 Å². The van der Waals surface area contributed by atoms with Gasteiger partial charge in [0, 0.05) is 5.56 Å². The zero-order valence-corrected chi connectivity index (χ0v) is 8.66. The topological polar surface area (TPSA) is 46.5 Å². The number of halogens is 1. The molecule has 82 valence electrons. The van der Waals surface area contributed by atoms with Gasteiger partial charge in [0.1, 0.15) is 5.82 Å². The molecule has 1 aromatic rings. The van der Waals surface area contributed by atoms with E-state index in [1.54, 1.807) is 13.0 Å². The predicted molar refractivity (Wildman–Crippen MR) is 52.7 cm³/mol. The fourth-order valence-electron chi connectivity index (χ4n) is 1.27. The number of rotatable bonds is 3. The van der Waals surface area contributed by atoms with Crippen molar-refractivity contribution in [2.24, 2.45) is 0 Å². The van der Waals surface area contributed by atoms with Gasteiger partial charge in [-0.05, 0) is 13.0 Å². The number of methoxy groups -OCH3 is 1. The van der Waals surface area contributed by atoms with Crippen molar-refractivity contribution in [1.29, 1.82) is 0 Å². The SMILES string of the molecule is COC(=O)C[C@@H](O)c1cc(C)ccc1F. The summed E-state index contributed by atoms with van der Waals surface area (Å²) in [4.78, 5) is 10.9. The Morgan fingerprint density at radius 2 is 2.27 bits per heavy atom. The van der Waals surface area contributed by atoms with Crippen molar-refractivity contribution < 1.29 is 19.0 Å². The molecule has 0 saturated heterocycles. The minimum absolute atomic E-state index is 0.125. The second kappa shape index (κ2) is 4.89. The first-order valence-corrected chi connectivity index (χ1v) is 4.55. The van der Waals surface area contributed by atoms with Gasteiger partial charge in [0.15, 0.2) is 0 Å². The molecule has 1 N–H and O–H groups in total. The second-order valence-corrected chi connectivity index (χ2v) is 3.32. The summed E-state index contributed by atoms with van der Waals surface area (Å²) in [6, 6.07) is 4.39. The Hall–Kier alpha value is -1.42. The Balaban J connectivity index is 2.85. The molecule has 0 heterocycles. The number of aliphatic hydroxyl groups excluding tert-OH is 1. The lowest BCUT2D eigenvalue weighted by Crippen LogP contribution is -2.09. The summed E-state index contributed by atoms with van der Waals surface area (Å²) >= 11 is 0. The average molecular weight is 212 g/mol. The lowest BCUT2D eigenvalue weighted by atomic mass is 10.0. The molecule has 0 fully saturated rings. The number of hydrogen-bond acceptors (Lipinski definition) is 3. The normalized spacial score (nSPS) is 12.3. The Labute approximate surface area is 87.5 Å². The molecule has 0 aromatic heterocycles. The van der Waals surface area contributed by atoms with Crippen LogP contribution in [0.15, 0.2) is 18.2 Å². The summed E-state index contributed by atoms with van der Waals surface area (Å²) in [5, 5.41) is 9.59. The highest BCUT2D eigenvalue weighted by molar-refractivity contribution is 5.70. The summed E-state index contributed by atoms with van der Waals surface area (Å²) in [5.41, 5.74) is 0.954. The molecular formula is C11H13FO3. The largest absolute Gasteiger partial charge is 0.469 e. The van der Waals surface area contributed by atoms with E-state index in [9.17, 15) is 14.3 Å². The maximum absolute atomic E-state index is 13.3. The van der Waals surface area contributed by atoms with Gasteiger partial charge in [-0.2, -0.15) is 0 Å². The van der Waals surface area contributed by atoms with Gasteiger partial charge in [0.2, 0.25) is 0 Å². The summed E-state index contributed by atoms with van der Waals surface area (Å²) in [6.07, 6.45) is -1.39. The van der Waals surface area contributed by atoms with Crippen molar-refractivity contribution in [3.05, 3.63) is 35.1 Å². The summed E-state index contributed by atoms with van der Waals surface area (Å²) < 4.78 is 17.7. The molecule has 0 aliphatic rings. The molecule has 4 heteroatoms. The second-order valence-electron chi connectivity index (χ2n) is 3.32. The number of benzene rings is 1. The minimum Gasteiger partial charge on any atom is -0.469 e. The average Bonchev–Trinajstić information content (AvgIpc) is 2.21. The fourth-order valence-corrected chi connectivity index (χ4v) is 1.27. The van der Waals surface area contributed by atoms with E-state index >= 15 is 0 Å². The minimum atomic E-state index is -1.16. The van der Waals surface area contributed by atoms with E-state index in [-0.39, 0.29) is 12.0 Å². The zero-order chi connectivity index (χ0) is 11.4. The summed E-state index contributed by atoms with van der Waals surface area (Å²) in [6.45, 7) is 1.79. The van der Waals surface area contributed by atoms with Gasteiger partial charge < -0.3 is 9.84 Å². The van der Waals surface area contributed by atoms with Gasteiger partial charge in [-0.15, -0.1) is 0 Å². The number of esters is 1. The first-order chi connectivity index (χ1) is 7.04. The molecule has 0 radical (unpaired) electrons. The molecule has 3 nitrogen and oxygen atoms in total. The fraction of sp³-hybridized carbons (Fsp3) is 0.364. The number of ether oxygens (including phenoxy) is 1. The molecule has 1 atom stereocenters. The third-order valence-corrected chi connectivity index (χ3v) is 2.10. The van der Waals surface area contributed by atoms with E-state index in [2.05, 4.69) is 4.74 Å². The maximum Gasteiger partial charge on any atom is 0.308 e. The van der Waals surface area contributed by atoms with Crippen LogP contribution in [0.2, 0.25) is 0 Å². The van der Waals surface area contributed by atoms with Crippen LogP contribution in [0, 0.1) is 12.7 Å². The van der Waals surface area contributed by atoms with Gasteiger partial charge in [-0.3, -0.25) is 4.79 Å². The molecule has 15 heavy (non-hydrogen) atoms. The Morgan fingerprint density at radius 3 is 2.87 bits per heavy atom. The molecule has 0 aliphatic heterocycles. The quantitative estimate of drug-likeness (QED) is 0.776. The smallest absolute Gasteiger partial charge is 0.308 e. The number of carbonyl (C=O) groups excluding carboxylic acids is 1. The highest BCUT2D eigenvalue weighted by Crippen LogP contribution is 2.21. The van der Waals surface area contributed by atoms with Crippen LogP contribution in [0.4, 0.5) is 4.39 Å². The lowest BCUT2D eigenvalue weighted by molar-refractivity contribution is -0.142. The molecule has 1 aromatic carbocycles. The highest BCUT2D eigenvalue weighted by Gasteiger charge is 2.16. The van der Waals surface area contributed by atoms with E-state index in [4.69, 9.17) is 0 Å². The predicted octanol–water partition coefficient (Wildman–Crippen LogP) is 1.73. The number of aryl methyl sites for hydroxylation is 1. The number of hydrogen-bond donors (Lipinski definition) is 1. The summed E-state index contributed by atoms with van der Waals surface area (Å²) in [5.74, 6) is -1.08. The van der Waals surface area contributed by atoms with Crippen molar-refractivity contribution in [1.82, 2.24) is 0 Å².